The monoisotopic (exact) mass is 284 g/mol. The number of hydrogen-bond acceptors (Lipinski definition) is 2. The summed E-state index contributed by atoms with van der Waals surface area (Å²) in [5.74, 6) is 3.50. The first-order valence-corrected chi connectivity index (χ1v) is 11.2. The Morgan fingerprint density at radius 3 is 1.74 bits per heavy atom. The fraction of sp³-hybridized carbons (Fsp3) is 1.00. The molecular weight excluding hydrogens is 248 g/mol. The van der Waals surface area contributed by atoms with Gasteiger partial charge in [0.2, 0.25) is 0 Å². The maximum Gasteiger partial charge on any atom is 0.123 e. The van der Waals surface area contributed by atoms with Gasteiger partial charge >= 0.3 is 0 Å². The minimum Gasteiger partial charge on any atom is -0.336 e. The van der Waals surface area contributed by atoms with Crippen LogP contribution in [0.25, 0.3) is 0 Å². The molecule has 0 aromatic heterocycles. The molecular formula is C16H36N2Si. The molecule has 0 spiro atoms. The Balaban J connectivity index is 2.56. The summed E-state index contributed by atoms with van der Waals surface area (Å²) >= 11 is 0. The van der Waals surface area contributed by atoms with Crippen molar-refractivity contribution in [3.8, 4) is 0 Å². The van der Waals surface area contributed by atoms with Crippen LogP contribution in [0.5, 0.6) is 0 Å². The largest absolute Gasteiger partial charge is 0.336 e. The minimum absolute atomic E-state index is 0.593. The quantitative estimate of drug-likeness (QED) is 0.574. The Hall–Kier alpha value is 0.137. The van der Waals surface area contributed by atoms with Crippen LogP contribution in [0.2, 0.25) is 18.6 Å². The summed E-state index contributed by atoms with van der Waals surface area (Å²) in [6, 6.07) is 0.593. The summed E-state index contributed by atoms with van der Waals surface area (Å²) in [4.78, 5) is 3.93. The van der Waals surface area contributed by atoms with Crippen LogP contribution in [-0.2, 0) is 0 Å². The van der Waals surface area contributed by atoms with Crippen molar-refractivity contribution >= 4 is 8.24 Å². The van der Waals surface area contributed by atoms with Gasteiger partial charge in [0.05, 0.1) is 0 Å². The summed E-state index contributed by atoms with van der Waals surface area (Å²) < 4.78 is 0. The SMILES string of the molecule is CC(C)NCCN[Si](C)(C)C1C(C)C(C)C(C)C1C. The minimum atomic E-state index is -1.34. The smallest absolute Gasteiger partial charge is 0.123 e. The van der Waals surface area contributed by atoms with Crippen molar-refractivity contribution in [3.05, 3.63) is 0 Å². The third-order valence-corrected chi connectivity index (χ3v) is 9.59. The van der Waals surface area contributed by atoms with Crippen LogP contribution in [0.1, 0.15) is 41.5 Å². The van der Waals surface area contributed by atoms with Crippen LogP contribution < -0.4 is 10.3 Å². The highest BCUT2D eigenvalue weighted by atomic mass is 28.3. The van der Waals surface area contributed by atoms with E-state index in [4.69, 9.17) is 0 Å². The summed E-state index contributed by atoms with van der Waals surface area (Å²) in [5, 5.41) is 3.51. The lowest BCUT2D eigenvalue weighted by atomic mass is 9.92. The Bertz CT molecular complexity index is 264. The van der Waals surface area contributed by atoms with E-state index in [0.29, 0.717) is 6.04 Å². The topological polar surface area (TPSA) is 24.1 Å². The molecule has 3 heteroatoms. The molecule has 0 saturated heterocycles. The van der Waals surface area contributed by atoms with Crippen molar-refractivity contribution < 1.29 is 0 Å². The van der Waals surface area contributed by atoms with E-state index < -0.39 is 8.24 Å². The van der Waals surface area contributed by atoms with Crippen molar-refractivity contribution in [2.45, 2.75) is 66.2 Å². The molecule has 2 nitrogen and oxygen atoms in total. The fourth-order valence-corrected chi connectivity index (χ4v) is 8.51. The Morgan fingerprint density at radius 2 is 1.32 bits per heavy atom. The standard InChI is InChI=1S/C16H36N2Si/c1-11(2)17-9-10-18-19(7,8)16-14(5)12(3)13(4)15(16)6/h11-18H,9-10H2,1-8H3. The Labute approximate surface area is 122 Å². The van der Waals surface area contributed by atoms with Gasteiger partial charge < -0.3 is 10.3 Å². The summed E-state index contributed by atoms with van der Waals surface area (Å²) in [7, 11) is -1.34. The molecule has 0 heterocycles. The second-order valence-corrected chi connectivity index (χ2v) is 12.2. The molecule has 0 bridgehead atoms. The fourth-order valence-electron chi connectivity index (χ4n) is 4.27. The van der Waals surface area contributed by atoms with Crippen LogP contribution in [0.3, 0.4) is 0 Å². The molecule has 4 atom stereocenters. The molecule has 0 aromatic rings. The van der Waals surface area contributed by atoms with Gasteiger partial charge in [0.15, 0.2) is 0 Å². The van der Waals surface area contributed by atoms with Crippen LogP contribution in [0, 0.1) is 23.7 Å². The number of nitrogens with one attached hydrogen (secondary N) is 2. The molecule has 2 N–H and O–H groups in total. The van der Waals surface area contributed by atoms with E-state index in [0.717, 1.165) is 42.3 Å². The van der Waals surface area contributed by atoms with Crippen LogP contribution in [0.15, 0.2) is 0 Å². The van der Waals surface area contributed by atoms with E-state index in [1.807, 2.05) is 0 Å². The van der Waals surface area contributed by atoms with E-state index in [2.05, 4.69) is 64.9 Å². The third kappa shape index (κ3) is 4.05. The van der Waals surface area contributed by atoms with Gasteiger partial charge in [0, 0.05) is 19.1 Å². The highest BCUT2D eigenvalue weighted by molar-refractivity contribution is 6.76. The molecule has 0 aromatic carbocycles. The van der Waals surface area contributed by atoms with Gasteiger partial charge in [-0.25, -0.2) is 0 Å². The van der Waals surface area contributed by atoms with Crippen LogP contribution in [0.4, 0.5) is 0 Å². The second-order valence-electron chi connectivity index (χ2n) is 7.72. The van der Waals surface area contributed by atoms with Gasteiger partial charge in [-0.2, -0.15) is 0 Å². The zero-order chi connectivity index (χ0) is 14.8. The molecule has 0 aliphatic heterocycles. The molecule has 1 aliphatic carbocycles. The zero-order valence-corrected chi connectivity index (χ0v) is 15.4. The molecule has 1 rings (SSSR count). The summed E-state index contributed by atoms with van der Waals surface area (Å²) in [6.45, 7) is 21.6. The molecule has 0 amide bonds. The van der Waals surface area contributed by atoms with Crippen molar-refractivity contribution in [2.75, 3.05) is 13.1 Å². The molecule has 114 valence electrons. The van der Waals surface area contributed by atoms with E-state index in [-0.39, 0.29) is 0 Å². The molecule has 1 aliphatic rings. The van der Waals surface area contributed by atoms with Gasteiger partial charge in [-0.15, -0.1) is 0 Å². The van der Waals surface area contributed by atoms with E-state index in [1.165, 1.54) is 0 Å². The summed E-state index contributed by atoms with van der Waals surface area (Å²) in [6.07, 6.45) is 0. The molecule has 1 saturated carbocycles. The van der Waals surface area contributed by atoms with Crippen LogP contribution >= 0.6 is 0 Å². The first-order chi connectivity index (χ1) is 8.68. The molecule has 19 heavy (non-hydrogen) atoms. The first kappa shape index (κ1) is 17.2. The highest BCUT2D eigenvalue weighted by Gasteiger charge is 2.49. The van der Waals surface area contributed by atoms with E-state index in [9.17, 15) is 0 Å². The average molecular weight is 285 g/mol. The predicted octanol–water partition coefficient (Wildman–Crippen LogP) is 3.71. The lowest BCUT2D eigenvalue weighted by Crippen LogP contribution is -2.53. The van der Waals surface area contributed by atoms with Gasteiger partial charge in [-0.1, -0.05) is 54.6 Å². The van der Waals surface area contributed by atoms with Crippen LogP contribution in [-0.4, -0.2) is 27.4 Å². The average Bonchev–Trinajstić information content (AvgIpc) is 2.49. The van der Waals surface area contributed by atoms with Crippen molar-refractivity contribution in [1.29, 1.82) is 0 Å². The number of hydrogen-bond donors (Lipinski definition) is 2. The lowest BCUT2D eigenvalue weighted by Gasteiger charge is -2.37. The van der Waals surface area contributed by atoms with E-state index >= 15 is 0 Å². The first-order valence-electron chi connectivity index (χ1n) is 8.17. The maximum absolute atomic E-state index is 3.93. The maximum atomic E-state index is 3.93. The molecule has 4 unspecified atom stereocenters. The van der Waals surface area contributed by atoms with Gasteiger partial charge in [-0.3, -0.25) is 0 Å². The molecule has 0 radical (unpaired) electrons. The van der Waals surface area contributed by atoms with Gasteiger partial charge in [0.25, 0.3) is 0 Å². The third-order valence-electron chi connectivity index (χ3n) is 5.71. The van der Waals surface area contributed by atoms with Gasteiger partial charge in [-0.05, 0) is 29.2 Å². The van der Waals surface area contributed by atoms with Crippen molar-refractivity contribution in [1.82, 2.24) is 10.3 Å². The molecule has 1 fully saturated rings. The zero-order valence-electron chi connectivity index (χ0n) is 14.4. The lowest BCUT2D eigenvalue weighted by molar-refractivity contribution is 0.352. The van der Waals surface area contributed by atoms with E-state index in [1.54, 1.807) is 0 Å². The Morgan fingerprint density at radius 1 is 0.842 bits per heavy atom. The Kier molecular flexibility index (Phi) is 6.09. The normalized spacial score (nSPS) is 36.2. The second kappa shape index (κ2) is 6.73. The highest BCUT2D eigenvalue weighted by Crippen LogP contribution is 2.52. The van der Waals surface area contributed by atoms with Gasteiger partial charge in [0.1, 0.15) is 8.24 Å². The predicted molar refractivity (Wildman–Crippen MR) is 89.0 cm³/mol. The number of rotatable bonds is 6. The van der Waals surface area contributed by atoms with Crippen molar-refractivity contribution in [2.24, 2.45) is 23.7 Å². The summed E-state index contributed by atoms with van der Waals surface area (Å²) in [5.41, 5.74) is 0.913. The van der Waals surface area contributed by atoms with Crippen molar-refractivity contribution in [3.63, 3.8) is 0 Å².